The fraction of sp³-hybridized carbons (Fsp3) is 0.667. The maximum Gasteiger partial charge on any atom is 0.324 e. The molecule has 1 fully saturated rings. The van der Waals surface area contributed by atoms with Crippen LogP contribution < -0.4 is 4.65 Å². The maximum absolute atomic E-state index is 13.3. The Bertz CT molecular complexity index is 531. The second-order valence-electron chi connectivity index (χ2n) is 5.01. The predicted octanol–water partition coefficient (Wildman–Crippen LogP) is 3.42. The average Bonchev–Trinajstić information content (AvgIpc) is 3.02. The van der Waals surface area contributed by atoms with Crippen LogP contribution in [0.3, 0.4) is 0 Å². The molecule has 1 aliphatic rings. The number of hydroxylamine groups is 2. The standard InChI is InChI=1S/C12H16Br3N3O3S/c1-8(14)11(19)21-10-6-17(4-2-3-13)7-18(10,20)12-16-5-9(15)22-12/h5,8,10H,2-4,6-7H2,1H3. The second kappa shape index (κ2) is 8.00. The Morgan fingerprint density at radius 3 is 3.00 bits per heavy atom. The topological polar surface area (TPSA) is 65.5 Å². The lowest BCUT2D eigenvalue weighted by atomic mass is 10.4. The average molecular weight is 522 g/mol. The van der Waals surface area contributed by atoms with Gasteiger partial charge in [0.2, 0.25) is 0 Å². The van der Waals surface area contributed by atoms with Crippen molar-refractivity contribution in [1.29, 1.82) is 0 Å². The zero-order valence-corrected chi connectivity index (χ0v) is 17.5. The Kier molecular flexibility index (Phi) is 6.82. The number of nitrogens with zero attached hydrogens (tertiary/aromatic N) is 3. The van der Waals surface area contributed by atoms with Crippen LogP contribution in [0.15, 0.2) is 9.98 Å². The lowest BCUT2D eigenvalue weighted by Gasteiger charge is -2.38. The number of carbonyl (C=O) groups is 1. The van der Waals surface area contributed by atoms with E-state index in [0.29, 0.717) is 11.7 Å². The molecule has 1 aromatic heterocycles. The Morgan fingerprint density at radius 1 is 1.73 bits per heavy atom. The van der Waals surface area contributed by atoms with Crippen LogP contribution in [0.25, 0.3) is 0 Å². The summed E-state index contributed by atoms with van der Waals surface area (Å²) in [6.07, 6.45) is 1.74. The number of hydrogen-bond acceptors (Lipinski definition) is 6. The van der Waals surface area contributed by atoms with Gasteiger partial charge in [0.25, 0.3) is 11.4 Å². The van der Waals surface area contributed by atoms with E-state index in [2.05, 4.69) is 52.8 Å². The smallest absolute Gasteiger partial charge is 0.324 e. The van der Waals surface area contributed by atoms with Gasteiger partial charge in [-0.05, 0) is 40.6 Å². The molecule has 2 rings (SSSR count). The Balaban J connectivity index is 2.20. The number of alkyl halides is 2. The Labute approximate surface area is 158 Å². The molecule has 0 radical (unpaired) electrons. The minimum Gasteiger partial charge on any atom is -0.622 e. The van der Waals surface area contributed by atoms with E-state index in [0.717, 1.165) is 22.1 Å². The molecule has 22 heavy (non-hydrogen) atoms. The van der Waals surface area contributed by atoms with Crippen LogP contribution in [-0.4, -0.2) is 52.0 Å². The number of ether oxygens (including phenoxy) is 1. The van der Waals surface area contributed by atoms with E-state index in [-0.39, 0.29) is 6.67 Å². The molecule has 6 nitrogen and oxygen atoms in total. The highest BCUT2D eigenvalue weighted by molar-refractivity contribution is 9.11. The van der Waals surface area contributed by atoms with Crippen LogP contribution in [0.2, 0.25) is 0 Å². The zero-order chi connectivity index (χ0) is 16.3. The summed E-state index contributed by atoms with van der Waals surface area (Å²) in [5.74, 6) is -0.429. The maximum atomic E-state index is 13.3. The summed E-state index contributed by atoms with van der Waals surface area (Å²) in [5.41, 5.74) is 0. The summed E-state index contributed by atoms with van der Waals surface area (Å²) in [6, 6.07) is 0. The Hall–Kier alpha value is 0.420. The van der Waals surface area contributed by atoms with E-state index >= 15 is 0 Å². The van der Waals surface area contributed by atoms with E-state index in [4.69, 9.17) is 4.74 Å². The van der Waals surface area contributed by atoms with Crippen molar-refractivity contribution in [1.82, 2.24) is 14.5 Å². The van der Waals surface area contributed by atoms with Crippen LogP contribution in [0.4, 0.5) is 5.13 Å². The molecule has 1 saturated heterocycles. The molecule has 2 heterocycles. The molecular formula is C12H16Br3N3O3S. The first kappa shape index (κ1) is 18.8. The third-order valence-corrected chi connectivity index (χ3v) is 5.79. The number of thiazole rings is 1. The number of quaternary nitrogens is 1. The first-order valence-corrected chi connectivity index (χ1v) is 10.3. The number of hydrogen-bond donors (Lipinski definition) is 0. The van der Waals surface area contributed by atoms with E-state index in [9.17, 15) is 10.0 Å². The number of rotatable bonds is 6. The Morgan fingerprint density at radius 2 is 2.45 bits per heavy atom. The van der Waals surface area contributed by atoms with Gasteiger partial charge in [-0.1, -0.05) is 31.9 Å². The van der Waals surface area contributed by atoms with E-state index in [1.54, 1.807) is 13.1 Å². The molecule has 10 heteroatoms. The van der Waals surface area contributed by atoms with Crippen molar-refractivity contribution in [3.63, 3.8) is 0 Å². The molecule has 0 bridgehead atoms. The number of halogens is 3. The highest BCUT2D eigenvalue weighted by Crippen LogP contribution is 2.37. The molecule has 3 unspecified atom stereocenters. The van der Waals surface area contributed by atoms with Gasteiger partial charge >= 0.3 is 5.97 Å². The zero-order valence-electron chi connectivity index (χ0n) is 11.9. The summed E-state index contributed by atoms with van der Waals surface area (Å²) >= 11 is 11.2. The first-order chi connectivity index (χ1) is 10.4. The molecule has 1 aliphatic heterocycles. The van der Waals surface area contributed by atoms with Gasteiger partial charge < -0.3 is 9.94 Å². The summed E-state index contributed by atoms with van der Waals surface area (Å²) in [5, 5.41) is 14.6. The first-order valence-electron chi connectivity index (χ1n) is 6.70. The van der Waals surface area contributed by atoms with Crippen molar-refractivity contribution >= 4 is 70.2 Å². The van der Waals surface area contributed by atoms with Crippen LogP contribution in [0, 0.1) is 5.21 Å². The highest BCUT2D eigenvalue weighted by Gasteiger charge is 2.46. The lowest BCUT2D eigenvalue weighted by molar-refractivity contribution is -0.152. The highest BCUT2D eigenvalue weighted by atomic mass is 79.9. The summed E-state index contributed by atoms with van der Waals surface area (Å²) in [4.78, 5) is 17.6. The van der Waals surface area contributed by atoms with Crippen molar-refractivity contribution in [3.05, 3.63) is 15.2 Å². The van der Waals surface area contributed by atoms with Crippen LogP contribution in [-0.2, 0) is 9.53 Å². The van der Waals surface area contributed by atoms with Crippen molar-refractivity contribution < 1.29 is 9.53 Å². The van der Waals surface area contributed by atoms with E-state index in [1.807, 2.05) is 4.90 Å². The molecule has 0 spiro atoms. The largest absolute Gasteiger partial charge is 0.622 e. The third kappa shape index (κ3) is 4.28. The number of aromatic nitrogens is 1. The monoisotopic (exact) mass is 519 g/mol. The number of carbonyl (C=O) groups excluding carboxylic acids is 1. The summed E-state index contributed by atoms with van der Waals surface area (Å²) in [6.45, 7) is 3.11. The molecule has 0 N–H and O–H groups in total. The van der Waals surface area contributed by atoms with E-state index in [1.165, 1.54) is 11.3 Å². The fourth-order valence-corrected chi connectivity index (χ4v) is 3.81. The van der Waals surface area contributed by atoms with Gasteiger partial charge in [0.1, 0.15) is 11.5 Å². The minimum absolute atomic E-state index is 0.238. The van der Waals surface area contributed by atoms with Gasteiger partial charge in [-0.3, -0.25) is 9.44 Å². The SMILES string of the molecule is CC(Br)C(=O)OC1CN(CCCBr)C[N+]1([O-])c1ncc(Br)s1. The van der Waals surface area contributed by atoms with Crippen molar-refractivity contribution in [2.24, 2.45) is 0 Å². The molecule has 124 valence electrons. The molecule has 0 aromatic carbocycles. The van der Waals surface area contributed by atoms with Gasteiger partial charge in [0.05, 0.1) is 16.5 Å². The van der Waals surface area contributed by atoms with Gasteiger partial charge in [0, 0.05) is 11.9 Å². The van der Waals surface area contributed by atoms with Crippen LogP contribution >= 0.6 is 59.1 Å². The number of esters is 1. The molecule has 0 aliphatic carbocycles. The van der Waals surface area contributed by atoms with E-state index < -0.39 is 21.7 Å². The minimum atomic E-state index is -0.791. The van der Waals surface area contributed by atoms with Gasteiger partial charge in [0.15, 0.2) is 0 Å². The second-order valence-corrected chi connectivity index (χ2v) is 9.57. The molecule has 1 aromatic rings. The van der Waals surface area contributed by atoms with Crippen molar-refractivity contribution in [3.8, 4) is 0 Å². The molecular weight excluding hydrogens is 506 g/mol. The lowest BCUT2D eigenvalue weighted by Crippen LogP contribution is -2.51. The normalized spacial score (nSPS) is 27.0. The fourth-order valence-electron chi connectivity index (χ4n) is 2.20. The third-order valence-electron chi connectivity index (χ3n) is 3.26. The molecule has 0 amide bonds. The van der Waals surface area contributed by atoms with Gasteiger partial charge in [-0.2, -0.15) is 4.98 Å². The predicted molar refractivity (Wildman–Crippen MR) is 98.1 cm³/mol. The quantitative estimate of drug-likeness (QED) is 0.248. The van der Waals surface area contributed by atoms with Crippen LogP contribution in [0.5, 0.6) is 0 Å². The van der Waals surface area contributed by atoms with Gasteiger partial charge in [-0.15, -0.1) is 0 Å². The van der Waals surface area contributed by atoms with Crippen LogP contribution in [0.1, 0.15) is 13.3 Å². The summed E-state index contributed by atoms with van der Waals surface area (Å²) in [7, 11) is 0. The molecule has 3 atom stereocenters. The van der Waals surface area contributed by atoms with Crippen molar-refractivity contribution in [2.75, 3.05) is 25.1 Å². The van der Waals surface area contributed by atoms with Gasteiger partial charge in [-0.25, -0.2) is 4.90 Å². The summed E-state index contributed by atoms with van der Waals surface area (Å²) < 4.78 is 5.47. The van der Waals surface area contributed by atoms with Crippen molar-refractivity contribution in [2.45, 2.75) is 24.4 Å². The molecule has 0 saturated carbocycles.